The molecule has 0 aromatic heterocycles. The van der Waals surface area contributed by atoms with Gasteiger partial charge in [0, 0.05) is 13.5 Å². The number of hydrogen-bond donors (Lipinski definition) is 3. The third kappa shape index (κ3) is 7.83. The summed E-state index contributed by atoms with van der Waals surface area (Å²) in [6, 6.07) is 0. The number of aliphatic hydroxyl groups excluding tert-OH is 3. The van der Waals surface area contributed by atoms with Crippen LogP contribution in [0.5, 0.6) is 0 Å². The summed E-state index contributed by atoms with van der Waals surface area (Å²) < 4.78 is 15.3. The number of hydrogen-bond acceptors (Lipinski definition) is 7. The maximum absolute atomic E-state index is 11.7. The molecule has 0 unspecified atom stereocenters. The lowest BCUT2D eigenvalue weighted by Crippen LogP contribution is -2.59. The molecule has 3 N–H and O–H groups in total. The molecule has 1 saturated heterocycles. The molecule has 1 fully saturated rings. The van der Waals surface area contributed by atoms with Crippen molar-refractivity contribution in [2.45, 2.75) is 82.1 Å². The smallest absolute Gasteiger partial charge is 0.305 e. The summed E-state index contributed by atoms with van der Waals surface area (Å²) in [5.74, 6) is -0.364. The number of carbonyl (C=O) groups is 1. The molecule has 0 radical (unpaired) electrons. The van der Waals surface area contributed by atoms with Gasteiger partial charge in [0.05, 0.1) is 0 Å². The van der Waals surface area contributed by atoms with E-state index in [0.717, 1.165) is 38.5 Å². The Bertz CT molecular complexity index is 386. The Morgan fingerprint density at radius 1 is 1.04 bits per heavy atom. The first-order chi connectivity index (χ1) is 12.0. The molecule has 7 nitrogen and oxygen atoms in total. The van der Waals surface area contributed by atoms with Crippen molar-refractivity contribution in [2.75, 3.05) is 13.7 Å². The number of ether oxygens (including phenoxy) is 3. The number of aliphatic hydroxyl groups is 3. The minimum Gasteiger partial charge on any atom is -0.463 e. The van der Waals surface area contributed by atoms with Crippen molar-refractivity contribution in [3.8, 4) is 0 Å². The van der Waals surface area contributed by atoms with Gasteiger partial charge in [0.2, 0.25) is 0 Å². The van der Waals surface area contributed by atoms with Crippen LogP contribution in [-0.4, -0.2) is 65.7 Å². The van der Waals surface area contributed by atoms with Crippen LogP contribution in [0.4, 0.5) is 0 Å². The van der Waals surface area contributed by atoms with Gasteiger partial charge in [0.15, 0.2) is 6.29 Å². The lowest BCUT2D eigenvalue weighted by molar-refractivity contribution is -0.295. The van der Waals surface area contributed by atoms with Crippen LogP contribution in [0, 0.1) is 0 Å². The largest absolute Gasteiger partial charge is 0.463 e. The van der Waals surface area contributed by atoms with Crippen molar-refractivity contribution in [3.05, 3.63) is 12.7 Å². The van der Waals surface area contributed by atoms with Crippen LogP contribution in [-0.2, 0) is 19.0 Å². The van der Waals surface area contributed by atoms with Gasteiger partial charge >= 0.3 is 5.97 Å². The summed E-state index contributed by atoms with van der Waals surface area (Å²) in [7, 11) is 1.32. The summed E-state index contributed by atoms with van der Waals surface area (Å²) in [5.41, 5.74) is 0. The SMILES string of the molecule is C=CCCCCCCCCC(=O)OC[C@H]1O[C@H](OC)[C@@H](O)[C@@H](O)[C@@H]1O. The highest BCUT2D eigenvalue weighted by atomic mass is 16.7. The van der Waals surface area contributed by atoms with Crippen LogP contribution >= 0.6 is 0 Å². The minimum atomic E-state index is -1.41. The zero-order valence-corrected chi connectivity index (χ0v) is 15.0. The third-order valence-electron chi connectivity index (χ3n) is 4.35. The molecule has 1 aliphatic heterocycles. The molecule has 25 heavy (non-hydrogen) atoms. The van der Waals surface area contributed by atoms with E-state index >= 15 is 0 Å². The van der Waals surface area contributed by atoms with Crippen LogP contribution in [0.1, 0.15) is 51.4 Å². The average molecular weight is 360 g/mol. The Labute approximate surface area is 149 Å². The number of rotatable bonds is 12. The lowest BCUT2D eigenvalue weighted by atomic mass is 9.99. The van der Waals surface area contributed by atoms with Gasteiger partial charge in [-0.3, -0.25) is 4.79 Å². The fourth-order valence-corrected chi connectivity index (χ4v) is 2.76. The highest BCUT2D eigenvalue weighted by molar-refractivity contribution is 5.69. The fraction of sp³-hybridized carbons (Fsp3) is 0.833. The van der Waals surface area contributed by atoms with Gasteiger partial charge in [-0.25, -0.2) is 0 Å². The summed E-state index contributed by atoms with van der Waals surface area (Å²) in [5, 5.41) is 29.3. The van der Waals surface area contributed by atoms with Crippen molar-refractivity contribution < 1.29 is 34.3 Å². The predicted octanol–water partition coefficient (Wildman–Crippen LogP) is 1.29. The number of allylic oxidation sites excluding steroid dienone is 1. The van der Waals surface area contributed by atoms with E-state index in [0.29, 0.717) is 6.42 Å². The van der Waals surface area contributed by atoms with Crippen molar-refractivity contribution in [3.63, 3.8) is 0 Å². The molecule has 7 heteroatoms. The van der Waals surface area contributed by atoms with Crippen molar-refractivity contribution in [2.24, 2.45) is 0 Å². The molecule has 0 spiro atoms. The Hall–Kier alpha value is -0.990. The molecule has 1 rings (SSSR count). The molecular formula is C18H32O7. The Morgan fingerprint density at radius 2 is 1.68 bits per heavy atom. The van der Waals surface area contributed by atoms with Crippen LogP contribution in [0.3, 0.4) is 0 Å². The van der Waals surface area contributed by atoms with E-state index in [9.17, 15) is 20.1 Å². The normalized spacial score (nSPS) is 29.4. The van der Waals surface area contributed by atoms with Crippen LogP contribution < -0.4 is 0 Å². The second kappa shape index (κ2) is 12.4. The van der Waals surface area contributed by atoms with Crippen LogP contribution in [0.25, 0.3) is 0 Å². The van der Waals surface area contributed by atoms with Crippen LogP contribution in [0.2, 0.25) is 0 Å². The summed E-state index contributed by atoms with van der Waals surface area (Å²) in [6.45, 7) is 3.50. The Morgan fingerprint density at radius 3 is 2.32 bits per heavy atom. The monoisotopic (exact) mass is 360 g/mol. The first-order valence-corrected chi connectivity index (χ1v) is 9.00. The van der Waals surface area contributed by atoms with Crippen molar-refractivity contribution in [1.29, 1.82) is 0 Å². The van der Waals surface area contributed by atoms with Crippen molar-refractivity contribution in [1.82, 2.24) is 0 Å². The summed E-state index contributed by atoms with van der Waals surface area (Å²) in [4.78, 5) is 11.7. The number of carbonyl (C=O) groups excluding carboxylic acids is 1. The molecule has 0 bridgehead atoms. The molecular weight excluding hydrogens is 328 g/mol. The van der Waals surface area contributed by atoms with E-state index in [1.54, 1.807) is 0 Å². The molecule has 1 heterocycles. The Balaban J connectivity index is 2.15. The van der Waals surface area contributed by atoms with E-state index < -0.39 is 30.7 Å². The molecule has 0 saturated carbocycles. The maximum atomic E-state index is 11.7. The third-order valence-corrected chi connectivity index (χ3v) is 4.35. The second-order valence-electron chi connectivity index (χ2n) is 6.38. The zero-order chi connectivity index (χ0) is 18.7. The van der Waals surface area contributed by atoms with Gasteiger partial charge in [0.1, 0.15) is 31.0 Å². The fourth-order valence-electron chi connectivity index (χ4n) is 2.76. The standard InChI is InChI=1S/C18H32O7/c1-3-4-5-6-7-8-9-10-11-14(19)24-12-13-15(20)16(21)17(22)18(23-2)25-13/h3,13,15-18,20-22H,1,4-12H2,2H3/t13-,15-,16+,17+,18+/m1/s1. The maximum Gasteiger partial charge on any atom is 0.305 e. The molecule has 0 amide bonds. The topological polar surface area (TPSA) is 105 Å². The van der Waals surface area contributed by atoms with Crippen LogP contribution in [0.15, 0.2) is 12.7 Å². The van der Waals surface area contributed by atoms with E-state index in [-0.39, 0.29) is 12.6 Å². The first-order valence-electron chi connectivity index (χ1n) is 9.00. The van der Waals surface area contributed by atoms with Gasteiger partial charge in [-0.15, -0.1) is 6.58 Å². The van der Waals surface area contributed by atoms with Gasteiger partial charge in [-0.2, -0.15) is 0 Å². The molecule has 5 atom stereocenters. The number of unbranched alkanes of at least 4 members (excludes halogenated alkanes) is 6. The van der Waals surface area contributed by atoms with Gasteiger partial charge < -0.3 is 29.5 Å². The van der Waals surface area contributed by atoms with E-state index in [2.05, 4.69) is 6.58 Å². The molecule has 1 aliphatic rings. The lowest BCUT2D eigenvalue weighted by Gasteiger charge is -2.39. The predicted molar refractivity (Wildman–Crippen MR) is 91.8 cm³/mol. The summed E-state index contributed by atoms with van der Waals surface area (Å²) in [6.07, 6.45) is 3.52. The van der Waals surface area contributed by atoms with E-state index in [1.165, 1.54) is 13.5 Å². The molecule has 146 valence electrons. The van der Waals surface area contributed by atoms with E-state index in [1.807, 2.05) is 6.08 Å². The number of esters is 1. The second-order valence-corrected chi connectivity index (χ2v) is 6.38. The quantitative estimate of drug-likeness (QED) is 0.274. The van der Waals surface area contributed by atoms with Gasteiger partial charge in [-0.05, 0) is 19.3 Å². The minimum absolute atomic E-state index is 0.189. The number of methoxy groups -OCH3 is 1. The molecule has 0 aromatic rings. The van der Waals surface area contributed by atoms with Gasteiger partial charge in [-0.1, -0.05) is 31.8 Å². The first kappa shape index (κ1) is 22.1. The molecule has 0 aliphatic carbocycles. The Kier molecular flexibility index (Phi) is 10.9. The highest BCUT2D eigenvalue weighted by Gasteiger charge is 2.44. The zero-order valence-electron chi connectivity index (χ0n) is 15.0. The van der Waals surface area contributed by atoms with Crippen molar-refractivity contribution >= 4 is 5.97 Å². The van der Waals surface area contributed by atoms with E-state index in [4.69, 9.17) is 14.2 Å². The molecule has 0 aromatic carbocycles. The highest BCUT2D eigenvalue weighted by Crippen LogP contribution is 2.22. The average Bonchev–Trinajstić information content (AvgIpc) is 2.61. The summed E-state index contributed by atoms with van der Waals surface area (Å²) >= 11 is 0. The van der Waals surface area contributed by atoms with Gasteiger partial charge in [0.25, 0.3) is 0 Å².